The van der Waals surface area contributed by atoms with Gasteiger partial charge in [0.2, 0.25) is 5.91 Å². The van der Waals surface area contributed by atoms with E-state index in [1.54, 1.807) is 6.92 Å². The Bertz CT molecular complexity index is 2800. The van der Waals surface area contributed by atoms with Gasteiger partial charge in [-0.25, -0.2) is 22.4 Å². The first kappa shape index (κ1) is 54.7. The minimum absolute atomic E-state index is 0.105. The van der Waals surface area contributed by atoms with Crippen molar-refractivity contribution in [3.05, 3.63) is 93.0 Å². The number of rotatable bonds is 18. The minimum atomic E-state index is -5.19. The van der Waals surface area contributed by atoms with Crippen molar-refractivity contribution in [2.75, 3.05) is 23.8 Å². The fourth-order valence-corrected chi connectivity index (χ4v) is 9.16. The van der Waals surface area contributed by atoms with E-state index in [-0.39, 0.29) is 49.6 Å². The molecule has 17 nitrogen and oxygen atoms in total. The zero-order valence-electron chi connectivity index (χ0n) is 36.2. The van der Waals surface area contributed by atoms with E-state index in [0.29, 0.717) is 27.0 Å². The second-order valence-electron chi connectivity index (χ2n) is 15.6. The van der Waals surface area contributed by atoms with Gasteiger partial charge in [-0.05, 0) is 61.0 Å². The predicted octanol–water partition coefficient (Wildman–Crippen LogP) is 8.25. The SMILES string of the molecule is CCc1ccc(-c2ccc(Cl)c3c(N(SC)C(=O)NC(COP(O)O)COP(=O)(O)O)nn(CC(F)(F)F)c23)c(C(Cc2cc(F)cc(F)c2)NC(=O)Cn2nc(C(F)(F)F)c3c2C(F)(F)[C@H](C)C3)n1. The van der Waals surface area contributed by atoms with E-state index < -0.39 is 144 Å². The van der Waals surface area contributed by atoms with Gasteiger partial charge in [-0.2, -0.15) is 45.3 Å². The van der Waals surface area contributed by atoms with E-state index in [4.69, 9.17) is 11.6 Å². The van der Waals surface area contributed by atoms with Crippen LogP contribution in [0.3, 0.4) is 0 Å². The third-order valence-corrected chi connectivity index (χ3v) is 12.5. The summed E-state index contributed by atoms with van der Waals surface area (Å²) in [7, 11) is -8.25. The number of amides is 3. The monoisotopic (exact) mass is 1080 g/mol. The average Bonchev–Trinajstić information content (AvgIpc) is 3.86. The number of anilines is 1. The zero-order chi connectivity index (χ0) is 51.8. The molecular weight excluding hydrogens is 1040 g/mol. The first-order chi connectivity index (χ1) is 32.5. The number of hydrogen-bond acceptors (Lipinski definition) is 11. The van der Waals surface area contributed by atoms with E-state index >= 15 is 8.78 Å². The summed E-state index contributed by atoms with van der Waals surface area (Å²) in [4.78, 5) is 69.5. The van der Waals surface area contributed by atoms with E-state index in [2.05, 4.69) is 34.9 Å². The number of urea groups is 1. The number of nitrogens with zero attached hydrogens (tertiary/aromatic N) is 6. The number of aryl methyl sites for hydroxylation is 1. The van der Waals surface area contributed by atoms with Gasteiger partial charge in [0.15, 0.2) is 11.5 Å². The molecule has 3 aromatic heterocycles. The standard InChI is InChI=1S/C39H39ClF10N8O9P2S/c1-4-22-5-6-24(25-7-8-27(40)30-32(25)57(17-37(43,44)45)55-35(30)58(70-3)36(60)52-23(15-66-68(61)62)16-67-69(63,64)65)31(51-22)28(12-19-10-20(41)13-21(42)11-19)53-29(59)14-56-34-26(9-18(2)38(34,46)47)33(54-56)39(48,49)50/h5-8,10-11,13,18,23,28,61-62H,4,9,12,14-17H2,1-3H3,(H,52,60)(H,53,59)(H2,63,64,65)/t18-,23?,28?/m1/s1. The molecule has 3 heterocycles. The fourth-order valence-electron chi connectivity index (χ4n) is 7.72. The van der Waals surface area contributed by atoms with Gasteiger partial charge in [-0.1, -0.05) is 37.6 Å². The zero-order valence-corrected chi connectivity index (χ0v) is 39.6. The number of carbonyl (C=O) groups excluding carboxylic acids is 2. The van der Waals surface area contributed by atoms with Crippen molar-refractivity contribution < 1.29 is 86.7 Å². The van der Waals surface area contributed by atoms with Crippen LogP contribution in [0.1, 0.15) is 53.8 Å². The molecule has 0 aliphatic heterocycles. The van der Waals surface area contributed by atoms with Crippen molar-refractivity contribution in [2.24, 2.45) is 5.92 Å². The fraction of sp³-hybridized carbons (Fsp3) is 0.410. The van der Waals surface area contributed by atoms with Crippen LogP contribution in [-0.4, -0.2) is 87.7 Å². The number of hydrogen-bond donors (Lipinski definition) is 6. The van der Waals surface area contributed by atoms with Gasteiger partial charge in [-0.15, -0.1) is 0 Å². The smallest absolute Gasteiger partial charge is 0.346 e. The number of carbonyl (C=O) groups is 2. The number of halogens is 11. The van der Waals surface area contributed by atoms with Crippen LogP contribution in [0, 0.1) is 17.6 Å². The Kier molecular flexibility index (Phi) is 16.6. The number of nitrogens with one attached hydrogen (secondary N) is 2. The highest BCUT2D eigenvalue weighted by molar-refractivity contribution is 8.00. The molecule has 382 valence electrons. The number of phosphoric ester groups is 1. The molecule has 1 aliphatic rings. The Morgan fingerprint density at radius 1 is 1.01 bits per heavy atom. The van der Waals surface area contributed by atoms with Gasteiger partial charge in [0.05, 0.1) is 46.9 Å². The molecule has 6 N–H and O–H groups in total. The van der Waals surface area contributed by atoms with E-state index in [0.717, 1.165) is 19.1 Å². The summed E-state index contributed by atoms with van der Waals surface area (Å²) in [5, 5.41) is 11.6. The maximum absolute atomic E-state index is 15.4. The maximum atomic E-state index is 15.4. The maximum Gasteiger partial charge on any atom is 0.469 e. The first-order valence-corrected chi connectivity index (χ1v) is 24.5. The summed E-state index contributed by atoms with van der Waals surface area (Å²) < 4.78 is 168. The molecule has 0 saturated carbocycles. The number of benzene rings is 2. The number of alkyl halides is 8. The Morgan fingerprint density at radius 2 is 1.67 bits per heavy atom. The molecule has 0 saturated heterocycles. The van der Waals surface area contributed by atoms with Crippen molar-refractivity contribution in [1.29, 1.82) is 0 Å². The molecule has 2 unspecified atom stereocenters. The molecule has 5 aromatic rings. The van der Waals surface area contributed by atoms with E-state index in [1.165, 1.54) is 30.5 Å². The molecule has 6 rings (SSSR count). The van der Waals surface area contributed by atoms with Gasteiger partial charge in [-0.3, -0.25) is 23.7 Å². The highest BCUT2D eigenvalue weighted by Crippen LogP contribution is 2.50. The summed E-state index contributed by atoms with van der Waals surface area (Å²) in [6, 6.07) is 3.13. The lowest BCUT2D eigenvalue weighted by atomic mass is 9.93. The Hall–Kier alpha value is -4.63. The van der Waals surface area contributed by atoms with Crippen LogP contribution < -0.4 is 14.9 Å². The van der Waals surface area contributed by atoms with Gasteiger partial charge in [0.25, 0.3) is 5.92 Å². The number of aromatic nitrogens is 5. The molecule has 2 aromatic carbocycles. The summed E-state index contributed by atoms with van der Waals surface area (Å²) in [5.74, 6) is -9.44. The second kappa shape index (κ2) is 21.2. The lowest BCUT2D eigenvalue weighted by molar-refractivity contribution is -0.143. The lowest BCUT2D eigenvalue weighted by Crippen LogP contribution is -2.46. The largest absolute Gasteiger partial charge is 0.469 e. The van der Waals surface area contributed by atoms with Crippen LogP contribution in [0.2, 0.25) is 5.02 Å². The predicted molar refractivity (Wildman–Crippen MR) is 232 cm³/mol. The normalized spacial score (nSPS) is 15.9. The van der Waals surface area contributed by atoms with Gasteiger partial charge < -0.3 is 34.7 Å². The van der Waals surface area contributed by atoms with Gasteiger partial charge in [0.1, 0.15) is 30.4 Å². The van der Waals surface area contributed by atoms with E-state index in [1.807, 2.05) is 0 Å². The molecule has 3 atom stereocenters. The van der Waals surface area contributed by atoms with Crippen LogP contribution in [0.5, 0.6) is 0 Å². The molecule has 0 fully saturated rings. The van der Waals surface area contributed by atoms with E-state index in [9.17, 15) is 68.9 Å². The quantitative estimate of drug-likeness (QED) is 0.0276. The third kappa shape index (κ3) is 12.7. The summed E-state index contributed by atoms with van der Waals surface area (Å²) in [6.07, 6.45) is -10.1. The summed E-state index contributed by atoms with van der Waals surface area (Å²) in [5.41, 5.74) is -4.39. The number of pyridine rings is 1. The highest BCUT2D eigenvalue weighted by atomic mass is 35.5. The molecule has 70 heavy (non-hydrogen) atoms. The van der Waals surface area contributed by atoms with Crippen molar-refractivity contribution in [3.63, 3.8) is 0 Å². The first-order valence-electron chi connectivity index (χ1n) is 20.2. The minimum Gasteiger partial charge on any atom is -0.346 e. The molecule has 0 radical (unpaired) electrons. The second-order valence-corrected chi connectivity index (χ2v) is 18.8. The van der Waals surface area contributed by atoms with Gasteiger partial charge in [0, 0.05) is 40.6 Å². The van der Waals surface area contributed by atoms with Crippen LogP contribution in [0.4, 0.5) is 54.5 Å². The molecular formula is C39H39ClF10N8O9P2S. The number of phosphoric acid groups is 1. The Morgan fingerprint density at radius 3 is 2.26 bits per heavy atom. The topological polar surface area (TPSA) is 226 Å². The Labute approximate surface area is 399 Å². The molecule has 0 spiro atoms. The van der Waals surface area contributed by atoms with Crippen LogP contribution in [-0.2, 0) is 62.9 Å². The van der Waals surface area contributed by atoms with Crippen LogP contribution in [0.25, 0.3) is 22.0 Å². The average molecular weight is 1080 g/mol. The highest BCUT2D eigenvalue weighted by Gasteiger charge is 2.54. The molecule has 1 aliphatic carbocycles. The van der Waals surface area contributed by atoms with Crippen LogP contribution in [0.15, 0.2) is 42.5 Å². The number of fused-ring (bicyclic) bond motifs is 2. The van der Waals surface area contributed by atoms with Crippen molar-refractivity contribution >= 4 is 68.6 Å². The lowest BCUT2D eigenvalue weighted by Gasteiger charge is -2.24. The van der Waals surface area contributed by atoms with Crippen molar-refractivity contribution in [2.45, 2.75) is 76.6 Å². The van der Waals surface area contributed by atoms with Crippen LogP contribution >= 0.6 is 40.0 Å². The Balaban J connectivity index is 1.51. The van der Waals surface area contributed by atoms with Crippen molar-refractivity contribution in [1.82, 2.24) is 35.2 Å². The summed E-state index contributed by atoms with van der Waals surface area (Å²) >= 11 is 7.23. The van der Waals surface area contributed by atoms with Crippen molar-refractivity contribution in [3.8, 4) is 11.1 Å². The van der Waals surface area contributed by atoms with Gasteiger partial charge >= 0.3 is 34.8 Å². The molecule has 31 heteroatoms. The molecule has 3 amide bonds. The molecule has 0 bridgehead atoms. The third-order valence-electron chi connectivity index (χ3n) is 10.6. The summed E-state index contributed by atoms with van der Waals surface area (Å²) in [6.45, 7) is -2.21.